The van der Waals surface area contributed by atoms with Gasteiger partial charge in [0, 0.05) is 0 Å². The minimum atomic E-state index is -0.289. The fourth-order valence-corrected chi connectivity index (χ4v) is 1.85. The molecule has 2 N–H and O–H groups in total. The number of fused-ring (bicyclic) bond motifs is 1. The van der Waals surface area contributed by atoms with Crippen LogP contribution in [-0.4, -0.2) is 29.1 Å². The summed E-state index contributed by atoms with van der Waals surface area (Å²) in [5.74, 6) is 0.576. The number of nitrogens with zero attached hydrogens (tertiary/aromatic N) is 1. The summed E-state index contributed by atoms with van der Waals surface area (Å²) in [5, 5.41) is 3.13. The van der Waals surface area contributed by atoms with Crippen LogP contribution in [0.3, 0.4) is 0 Å². The molecule has 5 heteroatoms. The van der Waals surface area contributed by atoms with Crippen molar-refractivity contribution in [2.75, 3.05) is 7.11 Å². The van der Waals surface area contributed by atoms with E-state index in [1.807, 2.05) is 31.2 Å². The van der Waals surface area contributed by atoms with Crippen molar-refractivity contribution in [3.05, 3.63) is 30.1 Å². The van der Waals surface area contributed by atoms with E-state index in [4.69, 9.17) is 4.74 Å². The molecule has 0 fully saturated rings. The van der Waals surface area contributed by atoms with Crippen LogP contribution in [-0.2, 0) is 16.1 Å². The zero-order valence-electron chi connectivity index (χ0n) is 10.6. The van der Waals surface area contributed by atoms with Gasteiger partial charge < -0.3 is 9.72 Å². The van der Waals surface area contributed by atoms with E-state index in [-0.39, 0.29) is 12.0 Å². The number of aromatic amines is 1. The second kappa shape index (κ2) is 5.64. The van der Waals surface area contributed by atoms with Crippen molar-refractivity contribution in [2.45, 2.75) is 25.9 Å². The predicted molar refractivity (Wildman–Crippen MR) is 69.0 cm³/mol. The predicted octanol–water partition coefficient (Wildman–Crippen LogP) is 1.60. The molecule has 0 aliphatic heterocycles. The number of hydrogen-bond acceptors (Lipinski definition) is 4. The Morgan fingerprint density at radius 2 is 2.28 bits per heavy atom. The normalized spacial score (nSPS) is 12.6. The molecule has 0 saturated heterocycles. The maximum absolute atomic E-state index is 11.4. The molecule has 0 bridgehead atoms. The van der Waals surface area contributed by atoms with Gasteiger partial charge in [0.25, 0.3) is 0 Å². The molecule has 2 aromatic rings. The second-order valence-electron chi connectivity index (χ2n) is 4.07. The van der Waals surface area contributed by atoms with Crippen molar-refractivity contribution in [2.24, 2.45) is 0 Å². The fourth-order valence-electron chi connectivity index (χ4n) is 1.85. The molecule has 1 heterocycles. The summed E-state index contributed by atoms with van der Waals surface area (Å²) in [4.78, 5) is 19.1. The molecule has 1 unspecified atom stereocenters. The van der Waals surface area contributed by atoms with Gasteiger partial charge in [-0.05, 0) is 18.6 Å². The van der Waals surface area contributed by atoms with E-state index in [9.17, 15) is 4.79 Å². The first-order chi connectivity index (χ1) is 8.74. The zero-order chi connectivity index (χ0) is 13.0. The van der Waals surface area contributed by atoms with Gasteiger partial charge in [-0.3, -0.25) is 10.1 Å². The molecule has 5 nitrogen and oxygen atoms in total. The number of hydrogen-bond donors (Lipinski definition) is 2. The van der Waals surface area contributed by atoms with Crippen molar-refractivity contribution in [1.29, 1.82) is 0 Å². The van der Waals surface area contributed by atoms with E-state index >= 15 is 0 Å². The van der Waals surface area contributed by atoms with Crippen molar-refractivity contribution in [3.63, 3.8) is 0 Å². The van der Waals surface area contributed by atoms with Crippen LogP contribution >= 0.6 is 0 Å². The Hall–Kier alpha value is -1.88. The molecular formula is C13H17N3O2. The standard InChI is InChI=1S/C13H17N3O2/c1-3-9(13(17)18-2)14-8-12-15-10-6-4-5-7-11(10)16-12/h4-7,9,14H,3,8H2,1-2H3,(H,15,16). The first-order valence-electron chi connectivity index (χ1n) is 5.99. The van der Waals surface area contributed by atoms with E-state index in [2.05, 4.69) is 15.3 Å². The van der Waals surface area contributed by atoms with Gasteiger partial charge in [-0.25, -0.2) is 4.98 Å². The van der Waals surface area contributed by atoms with Crippen LogP contribution < -0.4 is 5.32 Å². The largest absolute Gasteiger partial charge is 0.468 e. The molecule has 1 atom stereocenters. The lowest BCUT2D eigenvalue weighted by Gasteiger charge is -2.12. The van der Waals surface area contributed by atoms with Gasteiger partial charge in [-0.1, -0.05) is 19.1 Å². The van der Waals surface area contributed by atoms with Crippen LogP contribution in [0.1, 0.15) is 19.2 Å². The van der Waals surface area contributed by atoms with Crippen LogP contribution in [0.4, 0.5) is 0 Å². The van der Waals surface area contributed by atoms with Gasteiger partial charge >= 0.3 is 5.97 Å². The zero-order valence-corrected chi connectivity index (χ0v) is 10.6. The van der Waals surface area contributed by atoms with Gasteiger partial charge in [0.1, 0.15) is 11.9 Å². The van der Waals surface area contributed by atoms with Crippen molar-refractivity contribution >= 4 is 17.0 Å². The average molecular weight is 247 g/mol. The Labute approximate surface area is 106 Å². The number of benzene rings is 1. The second-order valence-corrected chi connectivity index (χ2v) is 4.07. The van der Waals surface area contributed by atoms with E-state index in [1.165, 1.54) is 7.11 Å². The highest BCUT2D eigenvalue weighted by atomic mass is 16.5. The summed E-state index contributed by atoms with van der Waals surface area (Å²) in [6, 6.07) is 7.55. The summed E-state index contributed by atoms with van der Waals surface area (Å²) in [7, 11) is 1.40. The number of para-hydroxylation sites is 2. The maximum atomic E-state index is 11.4. The molecule has 0 aliphatic rings. The Morgan fingerprint density at radius 3 is 2.94 bits per heavy atom. The molecule has 0 aliphatic carbocycles. The lowest BCUT2D eigenvalue weighted by atomic mass is 10.2. The quantitative estimate of drug-likeness (QED) is 0.788. The third-order valence-electron chi connectivity index (χ3n) is 2.85. The minimum absolute atomic E-state index is 0.242. The first kappa shape index (κ1) is 12.6. The van der Waals surface area contributed by atoms with Crippen LogP contribution in [0.5, 0.6) is 0 Å². The van der Waals surface area contributed by atoms with Crippen LogP contribution in [0, 0.1) is 0 Å². The molecule has 1 aromatic carbocycles. The van der Waals surface area contributed by atoms with Gasteiger partial charge in [0.05, 0.1) is 24.7 Å². The molecule has 0 amide bonds. The Morgan fingerprint density at radius 1 is 1.50 bits per heavy atom. The summed E-state index contributed by atoms with van der Waals surface area (Å²) in [6.45, 7) is 2.45. The molecule has 96 valence electrons. The molecule has 1 aromatic heterocycles. The number of aromatic nitrogens is 2. The number of ether oxygens (including phenoxy) is 1. The van der Waals surface area contributed by atoms with E-state index in [0.29, 0.717) is 13.0 Å². The highest BCUT2D eigenvalue weighted by molar-refractivity contribution is 5.76. The van der Waals surface area contributed by atoms with Crippen LogP contribution in [0.15, 0.2) is 24.3 Å². The number of carbonyl (C=O) groups excluding carboxylic acids is 1. The van der Waals surface area contributed by atoms with Gasteiger partial charge in [0.15, 0.2) is 0 Å². The molecule has 0 radical (unpaired) electrons. The topological polar surface area (TPSA) is 67.0 Å². The summed E-state index contributed by atoms with van der Waals surface area (Å²) in [5.41, 5.74) is 1.93. The van der Waals surface area contributed by atoms with E-state index < -0.39 is 0 Å². The van der Waals surface area contributed by atoms with Crippen molar-refractivity contribution in [1.82, 2.24) is 15.3 Å². The number of nitrogens with one attached hydrogen (secondary N) is 2. The Kier molecular flexibility index (Phi) is 3.94. The summed E-state index contributed by atoms with van der Waals surface area (Å²) >= 11 is 0. The Bertz CT molecular complexity index is 503. The van der Waals surface area contributed by atoms with Gasteiger partial charge in [0.2, 0.25) is 0 Å². The highest BCUT2D eigenvalue weighted by Crippen LogP contribution is 2.10. The SMILES string of the molecule is CCC(NCc1nc2ccccc2[nH]1)C(=O)OC. The molecule has 2 rings (SSSR count). The minimum Gasteiger partial charge on any atom is -0.468 e. The number of imidazole rings is 1. The lowest BCUT2D eigenvalue weighted by molar-refractivity contribution is -0.143. The first-order valence-corrected chi connectivity index (χ1v) is 5.99. The highest BCUT2D eigenvalue weighted by Gasteiger charge is 2.16. The molecule has 0 spiro atoms. The van der Waals surface area contributed by atoms with E-state index in [0.717, 1.165) is 16.9 Å². The number of esters is 1. The van der Waals surface area contributed by atoms with Crippen LogP contribution in [0.2, 0.25) is 0 Å². The molecular weight excluding hydrogens is 230 g/mol. The number of carbonyl (C=O) groups is 1. The lowest BCUT2D eigenvalue weighted by Crippen LogP contribution is -2.36. The summed E-state index contributed by atoms with van der Waals surface area (Å²) < 4.78 is 4.72. The Balaban J connectivity index is 2.03. The smallest absolute Gasteiger partial charge is 0.322 e. The monoisotopic (exact) mass is 247 g/mol. The molecule has 18 heavy (non-hydrogen) atoms. The van der Waals surface area contributed by atoms with Crippen LogP contribution in [0.25, 0.3) is 11.0 Å². The average Bonchev–Trinajstić information content (AvgIpc) is 2.81. The van der Waals surface area contributed by atoms with E-state index in [1.54, 1.807) is 0 Å². The number of H-pyrrole nitrogens is 1. The van der Waals surface area contributed by atoms with Crippen molar-refractivity contribution < 1.29 is 9.53 Å². The third kappa shape index (κ3) is 2.68. The molecule has 0 saturated carbocycles. The maximum Gasteiger partial charge on any atom is 0.322 e. The number of methoxy groups -OCH3 is 1. The van der Waals surface area contributed by atoms with Gasteiger partial charge in [-0.2, -0.15) is 0 Å². The third-order valence-corrected chi connectivity index (χ3v) is 2.85. The van der Waals surface area contributed by atoms with Crippen molar-refractivity contribution in [3.8, 4) is 0 Å². The summed E-state index contributed by atoms with van der Waals surface area (Å²) in [6.07, 6.45) is 0.687. The fraction of sp³-hybridized carbons (Fsp3) is 0.385. The van der Waals surface area contributed by atoms with Gasteiger partial charge in [-0.15, -0.1) is 0 Å². The number of rotatable bonds is 5.